The maximum absolute atomic E-state index is 14.5. The summed E-state index contributed by atoms with van der Waals surface area (Å²) in [5.74, 6) is 0. The number of benzene rings is 3. The number of aliphatic hydroxyl groups is 1. The molecule has 9 nitrogen and oxygen atoms in total. The third-order valence-corrected chi connectivity index (χ3v) is 22.0. The number of aromatic nitrogens is 2. The number of nitrogens with one attached hydrogen (secondary N) is 1. The van der Waals surface area contributed by atoms with E-state index in [-0.39, 0.29) is 16.7 Å². The van der Waals surface area contributed by atoms with Gasteiger partial charge < -0.3 is 14.3 Å². The molecular weight excluding hydrogens is 689 g/mol. The van der Waals surface area contributed by atoms with Crippen molar-refractivity contribution in [3.63, 3.8) is 0 Å². The Labute approximate surface area is 310 Å². The SMILES string of the molecule is COOC[C@H]1O[C@](n2ccc(=O)[nH]c2=O)(C(c2ccccc2)(c2ccccc2)c2ccccc2[Si](C)(C)C(C)(C)C)[C@H](O)[C@@H]1O[Si](C)(C)C(C)(C)C. The molecule has 0 saturated carbocycles. The van der Waals surface area contributed by atoms with Crippen LogP contribution < -0.4 is 16.4 Å². The predicted octanol–water partition coefficient (Wildman–Crippen LogP) is 6.67. The summed E-state index contributed by atoms with van der Waals surface area (Å²) in [5.41, 5.74) is -2.22. The first-order chi connectivity index (χ1) is 24.3. The van der Waals surface area contributed by atoms with Gasteiger partial charge in [0.2, 0.25) is 0 Å². The number of rotatable bonds is 11. The standard InChI is InChI=1S/C41H56N2O7Si2/c1-38(2,3)51(8,9)33-25-19-18-24-31(33)40(29-20-14-12-15-21-29,30-22-16-13-17-23-30)41(43-27-26-34(44)42-37(43)46)36(45)35(32(49-41)28-48-47-7)50-52(10,11)39(4,5)6/h12-27,32,35-36,45H,28H2,1-11H3,(H,42,44,46)/t32-,35-,36-,41+/m1/s1. The van der Waals surface area contributed by atoms with E-state index in [0.717, 1.165) is 21.9 Å². The predicted molar refractivity (Wildman–Crippen MR) is 211 cm³/mol. The van der Waals surface area contributed by atoms with Crippen LogP contribution in [-0.2, 0) is 30.1 Å². The number of aliphatic hydroxyl groups excluding tert-OH is 1. The van der Waals surface area contributed by atoms with Crippen molar-refractivity contribution < 1.29 is 24.0 Å². The zero-order valence-corrected chi connectivity index (χ0v) is 34.5. The van der Waals surface area contributed by atoms with Crippen molar-refractivity contribution >= 4 is 21.6 Å². The summed E-state index contributed by atoms with van der Waals surface area (Å²) >= 11 is 0. The number of hydrogen-bond acceptors (Lipinski definition) is 7. The monoisotopic (exact) mass is 744 g/mol. The Morgan fingerprint density at radius 1 is 0.808 bits per heavy atom. The summed E-state index contributed by atoms with van der Waals surface area (Å²) in [5, 5.41) is 14.3. The Balaban J connectivity index is 2.07. The van der Waals surface area contributed by atoms with Gasteiger partial charge in [0.05, 0.1) is 20.6 Å². The molecule has 1 aromatic heterocycles. The van der Waals surface area contributed by atoms with Crippen molar-refractivity contribution in [2.45, 2.75) is 107 Å². The molecule has 0 amide bonds. The molecule has 2 N–H and O–H groups in total. The molecule has 0 spiro atoms. The second-order valence-electron chi connectivity index (χ2n) is 17.0. The summed E-state index contributed by atoms with van der Waals surface area (Å²) in [7, 11) is -3.60. The molecule has 2 heterocycles. The van der Waals surface area contributed by atoms with Gasteiger partial charge in [-0.1, -0.05) is 145 Å². The third kappa shape index (κ3) is 6.54. The van der Waals surface area contributed by atoms with Crippen molar-refractivity contribution in [2.75, 3.05) is 13.7 Å². The lowest BCUT2D eigenvalue weighted by atomic mass is 9.60. The second-order valence-corrected chi connectivity index (χ2v) is 27.0. The summed E-state index contributed by atoms with van der Waals surface area (Å²) in [6.07, 6.45) is -1.93. The average molecular weight is 745 g/mol. The van der Waals surface area contributed by atoms with E-state index < -0.39 is 57.1 Å². The minimum Gasteiger partial charge on any atom is -0.408 e. The first-order valence-corrected chi connectivity index (χ1v) is 23.9. The average Bonchev–Trinajstić information content (AvgIpc) is 3.34. The summed E-state index contributed by atoms with van der Waals surface area (Å²) in [6.45, 7) is 22.1. The van der Waals surface area contributed by atoms with Crippen LogP contribution in [-0.4, -0.2) is 63.1 Å². The topological polar surface area (TPSA) is 112 Å². The third-order valence-electron chi connectivity index (χ3n) is 12.0. The second kappa shape index (κ2) is 14.4. The van der Waals surface area contributed by atoms with Gasteiger partial charge in [-0.3, -0.25) is 14.3 Å². The van der Waals surface area contributed by atoms with Gasteiger partial charge in [-0.05, 0) is 39.9 Å². The molecule has 0 bridgehead atoms. The molecule has 5 rings (SSSR count). The Bertz CT molecular complexity index is 1910. The molecule has 3 aromatic carbocycles. The van der Waals surface area contributed by atoms with Crippen LogP contribution in [0.2, 0.25) is 36.3 Å². The van der Waals surface area contributed by atoms with Gasteiger partial charge in [0, 0.05) is 12.3 Å². The zero-order chi connectivity index (χ0) is 38.3. The highest BCUT2D eigenvalue weighted by Crippen LogP contribution is 2.58. The van der Waals surface area contributed by atoms with E-state index in [1.807, 2.05) is 66.7 Å². The van der Waals surface area contributed by atoms with Crippen molar-refractivity contribution in [3.8, 4) is 0 Å². The normalized spacial score (nSPS) is 21.7. The first kappa shape index (κ1) is 39.8. The van der Waals surface area contributed by atoms with Crippen LogP contribution in [0.1, 0.15) is 58.2 Å². The van der Waals surface area contributed by atoms with E-state index in [1.165, 1.54) is 23.9 Å². The molecule has 0 unspecified atom stereocenters. The van der Waals surface area contributed by atoms with Crippen LogP contribution in [0.25, 0.3) is 0 Å². The van der Waals surface area contributed by atoms with Gasteiger partial charge >= 0.3 is 5.69 Å². The quantitative estimate of drug-likeness (QED) is 0.0765. The Morgan fingerprint density at radius 2 is 1.35 bits per heavy atom. The van der Waals surface area contributed by atoms with Crippen molar-refractivity contribution in [2.24, 2.45) is 0 Å². The Hall–Kier alpha value is -3.43. The molecule has 1 aliphatic heterocycles. The van der Waals surface area contributed by atoms with E-state index in [1.54, 1.807) is 0 Å². The molecular formula is C41H56N2O7Si2. The van der Waals surface area contributed by atoms with Crippen LogP contribution in [0, 0.1) is 0 Å². The van der Waals surface area contributed by atoms with Crippen molar-refractivity contribution in [1.82, 2.24) is 9.55 Å². The fraction of sp³-hybridized carbons (Fsp3) is 0.463. The number of ether oxygens (including phenoxy) is 1. The van der Waals surface area contributed by atoms with E-state index in [2.05, 4.69) is 90.9 Å². The van der Waals surface area contributed by atoms with Gasteiger partial charge in [-0.15, -0.1) is 0 Å². The molecule has 1 aliphatic rings. The van der Waals surface area contributed by atoms with E-state index in [4.69, 9.17) is 18.9 Å². The largest absolute Gasteiger partial charge is 0.408 e. The lowest BCUT2D eigenvalue weighted by molar-refractivity contribution is -0.296. The lowest BCUT2D eigenvalue weighted by Crippen LogP contribution is -2.67. The lowest BCUT2D eigenvalue weighted by Gasteiger charge is -2.53. The van der Waals surface area contributed by atoms with Crippen LogP contribution in [0.4, 0.5) is 0 Å². The Kier molecular flexibility index (Phi) is 11.0. The fourth-order valence-corrected chi connectivity index (χ4v) is 10.9. The van der Waals surface area contributed by atoms with Gasteiger partial charge in [0.15, 0.2) is 14.0 Å². The minimum atomic E-state index is -2.62. The number of hydrogen-bond donors (Lipinski definition) is 2. The van der Waals surface area contributed by atoms with Gasteiger partial charge in [0.1, 0.15) is 24.9 Å². The summed E-state index contributed by atoms with van der Waals surface area (Å²) in [6, 6.07) is 29.5. The van der Waals surface area contributed by atoms with E-state index in [0.29, 0.717) is 0 Å². The van der Waals surface area contributed by atoms with Gasteiger partial charge in [-0.25, -0.2) is 14.6 Å². The highest BCUT2D eigenvalue weighted by molar-refractivity contribution is 6.92. The minimum absolute atomic E-state index is 0.0951. The van der Waals surface area contributed by atoms with Crippen molar-refractivity contribution in [1.29, 1.82) is 0 Å². The first-order valence-electron chi connectivity index (χ1n) is 18.0. The Morgan fingerprint density at radius 3 is 1.85 bits per heavy atom. The molecule has 4 aromatic rings. The molecule has 52 heavy (non-hydrogen) atoms. The molecule has 11 heteroatoms. The highest BCUT2D eigenvalue weighted by atomic mass is 28.4. The van der Waals surface area contributed by atoms with Crippen LogP contribution in [0.15, 0.2) is 107 Å². The maximum atomic E-state index is 14.5. The van der Waals surface area contributed by atoms with Crippen LogP contribution >= 0.6 is 0 Å². The van der Waals surface area contributed by atoms with Crippen molar-refractivity contribution in [3.05, 3.63) is 135 Å². The smallest absolute Gasteiger partial charge is 0.330 e. The van der Waals surface area contributed by atoms with Crippen LogP contribution in [0.5, 0.6) is 0 Å². The maximum Gasteiger partial charge on any atom is 0.330 e. The van der Waals surface area contributed by atoms with Gasteiger partial charge in [0.25, 0.3) is 5.56 Å². The number of H-pyrrole nitrogens is 1. The number of aromatic amines is 1. The fourth-order valence-electron chi connectivity index (χ4n) is 7.30. The van der Waals surface area contributed by atoms with E-state index >= 15 is 0 Å². The van der Waals surface area contributed by atoms with E-state index in [9.17, 15) is 14.7 Å². The zero-order valence-electron chi connectivity index (χ0n) is 32.5. The van der Waals surface area contributed by atoms with Crippen LogP contribution in [0.3, 0.4) is 0 Å². The summed E-state index contributed by atoms with van der Waals surface area (Å²) < 4.78 is 15.9. The molecule has 280 valence electrons. The molecule has 0 aliphatic carbocycles. The molecule has 1 fully saturated rings. The summed E-state index contributed by atoms with van der Waals surface area (Å²) in [4.78, 5) is 40.4. The molecule has 4 atom stereocenters. The molecule has 0 radical (unpaired) electrons. The number of nitrogens with zero attached hydrogens (tertiary/aromatic N) is 1. The highest BCUT2D eigenvalue weighted by Gasteiger charge is 2.70. The molecule has 1 saturated heterocycles. The van der Waals surface area contributed by atoms with Gasteiger partial charge in [-0.2, -0.15) is 0 Å².